The van der Waals surface area contributed by atoms with Crippen LogP contribution < -0.4 is 15.4 Å². The monoisotopic (exact) mass is 264 g/mol. The topological polar surface area (TPSA) is 33.3 Å². The van der Waals surface area contributed by atoms with Crippen molar-refractivity contribution in [2.45, 2.75) is 26.4 Å². The van der Waals surface area contributed by atoms with Crippen LogP contribution in [0.1, 0.15) is 20.3 Å². The van der Waals surface area contributed by atoms with Crippen LogP contribution in [0, 0.1) is 0 Å². The summed E-state index contributed by atoms with van der Waals surface area (Å²) in [6.45, 7) is 8.43. The van der Waals surface area contributed by atoms with Gasteiger partial charge in [0.05, 0.1) is 6.10 Å². The second-order valence-corrected chi connectivity index (χ2v) is 4.39. The summed E-state index contributed by atoms with van der Waals surface area (Å²) in [4.78, 5) is 0. The molecule has 1 unspecified atom stereocenters. The van der Waals surface area contributed by atoms with E-state index >= 15 is 0 Å². The zero-order valence-corrected chi connectivity index (χ0v) is 11.7. The average molecular weight is 264 g/mol. The molecule has 1 aromatic rings. The van der Waals surface area contributed by atoms with Crippen molar-refractivity contribution >= 4 is 23.0 Å². The van der Waals surface area contributed by atoms with Gasteiger partial charge in [-0.05, 0) is 49.8 Å². The molecule has 0 saturated carbocycles. The molecule has 0 radical (unpaired) electrons. The summed E-state index contributed by atoms with van der Waals surface area (Å²) in [5, 5.41) is 6.68. The van der Waals surface area contributed by atoms with E-state index < -0.39 is 0 Å². The quantitative estimate of drug-likeness (QED) is 0.610. The summed E-state index contributed by atoms with van der Waals surface area (Å²) in [5.41, 5.74) is 0.938. The lowest BCUT2D eigenvalue weighted by molar-refractivity contribution is 0.217. The lowest BCUT2D eigenvalue weighted by atomic mass is 10.3. The number of nitrogens with one attached hydrogen (secondary N) is 2. The molecule has 0 amide bonds. The molecule has 0 aromatic heterocycles. The Labute approximate surface area is 114 Å². The van der Waals surface area contributed by atoms with Crippen LogP contribution in [0.3, 0.4) is 0 Å². The minimum Gasteiger partial charge on any atom is -0.491 e. The molecule has 0 aliphatic carbocycles. The van der Waals surface area contributed by atoms with Gasteiger partial charge in [-0.2, -0.15) is 0 Å². The van der Waals surface area contributed by atoms with Gasteiger partial charge in [0.1, 0.15) is 5.75 Å². The Morgan fingerprint density at radius 1 is 1.44 bits per heavy atom. The van der Waals surface area contributed by atoms with Crippen molar-refractivity contribution in [2.75, 3.05) is 11.9 Å². The summed E-state index contributed by atoms with van der Waals surface area (Å²) < 4.78 is 5.70. The smallest absolute Gasteiger partial charge is 0.171 e. The molecule has 0 heterocycles. The predicted octanol–water partition coefficient (Wildman–Crippen LogP) is 3.34. The highest BCUT2D eigenvalue weighted by Crippen LogP contribution is 2.17. The van der Waals surface area contributed by atoms with Crippen LogP contribution in [0.2, 0.25) is 0 Å². The second kappa shape index (κ2) is 7.71. The Balaban J connectivity index is 2.49. The number of anilines is 1. The van der Waals surface area contributed by atoms with Crippen molar-refractivity contribution in [1.29, 1.82) is 0 Å². The van der Waals surface area contributed by atoms with E-state index in [4.69, 9.17) is 17.0 Å². The maximum absolute atomic E-state index is 5.70. The highest BCUT2D eigenvalue weighted by atomic mass is 32.1. The first-order valence-corrected chi connectivity index (χ1v) is 6.49. The molecule has 0 spiro atoms. The standard InChI is InChI=1S/C14H20N2OS/c1-4-10-15-14(18)16-12-6-8-13(9-7-12)17-11(3)5-2/h4,6-9,11H,1,5,10H2,2-3H3,(H2,15,16,18). The highest BCUT2D eigenvalue weighted by Gasteiger charge is 2.01. The van der Waals surface area contributed by atoms with Gasteiger partial charge in [-0.3, -0.25) is 0 Å². The minimum absolute atomic E-state index is 0.235. The van der Waals surface area contributed by atoms with E-state index in [1.54, 1.807) is 6.08 Å². The lowest BCUT2D eigenvalue weighted by Crippen LogP contribution is -2.28. The fourth-order valence-corrected chi connectivity index (χ4v) is 1.47. The van der Waals surface area contributed by atoms with Crippen molar-refractivity contribution in [3.63, 3.8) is 0 Å². The highest BCUT2D eigenvalue weighted by molar-refractivity contribution is 7.80. The zero-order chi connectivity index (χ0) is 13.4. The molecule has 0 aliphatic rings. The van der Waals surface area contributed by atoms with Gasteiger partial charge in [-0.1, -0.05) is 13.0 Å². The average Bonchev–Trinajstić information content (AvgIpc) is 2.38. The van der Waals surface area contributed by atoms with Crippen LogP contribution in [0.25, 0.3) is 0 Å². The molecule has 0 fully saturated rings. The molecule has 18 heavy (non-hydrogen) atoms. The SMILES string of the molecule is C=CCNC(=S)Nc1ccc(OC(C)CC)cc1. The first-order valence-electron chi connectivity index (χ1n) is 6.08. The number of rotatable bonds is 6. The molecule has 98 valence electrons. The van der Waals surface area contributed by atoms with Crippen molar-refractivity contribution in [3.05, 3.63) is 36.9 Å². The number of benzene rings is 1. The van der Waals surface area contributed by atoms with Crippen molar-refractivity contribution in [3.8, 4) is 5.75 Å². The minimum atomic E-state index is 0.235. The summed E-state index contributed by atoms with van der Waals surface area (Å²) in [5.74, 6) is 0.875. The molecule has 0 bridgehead atoms. The Morgan fingerprint density at radius 2 is 2.11 bits per heavy atom. The molecule has 1 atom stereocenters. The third-order valence-corrected chi connectivity index (χ3v) is 2.68. The van der Waals surface area contributed by atoms with Gasteiger partial charge in [-0.15, -0.1) is 6.58 Å². The number of hydrogen-bond acceptors (Lipinski definition) is 2. The third-order valence-electron chi connectivity index (χ3n) is 2.43. The Morgan fingerprint density at radius 3 is 2.67 bits per heavy atom. The van der Waals surface area contributed by atoms with E-state index in [1.807, 2.05) is 24.3 Å². The molecule has 4 heteroatoms. The van der Waals surface area contributed by atoms with E-state index in [1.165, 1.54) is 0 Å². The Bertz CT molecular complexity index is 389. The van der Waals surface area contributed by atoms with Crippen LogP contribution in [0.15, 0.2) is 36.9 Å². The molecule has 0 aliphatic heterocycles. The predicted molar refractivity (Wildman–Crippen MR) is 81.2 cm³/mol. The third kappa shape index (κ3) is 5.19. The summed E-state index contributed by atoms with van der Waals surface area (Å²) in [6.07, 6.45) is 2.99. The Kier molecular flexibility index (Phi) is 6.22. The second-order valence-electron chi connectivity index (χ2n) is 3.98. The normalized spacial score (nSPS) is 11.4. The van der Waals surface area contributed by atoms with Gasteiger partial charge in [0.2, 0.25) is 0 Å². The molecule has 3 nitrogen and oxygen atoms in total. The molecule has 1 aromatic carbocycles. The fourth-order valence-electron chi connectivity index (χ4n) is 1.27. The van der Waals surface area contributed by atoms with Crippen LogP contribution in [-0.4, -0.2) is 17.8 Å². The van der Waals surface area contributed by atoms with Crippen LogP contribution in [0.5, 0.6) is 5.75 Å². The molecule has 1 rings (SSSR count). The maximum Gasteiger partial charge on any atom is 0.171 e. The van der Waals surface area contributed by atoms with Gasteiger partial charge in [0.25, 0.3) is 0 Å². The van der Waals surface area contributed by atoms with Crippen LogP contribution in [0.4, 0.5) is 5.69 Å². The molecular formula is C14H20N2OS. The van der Waals surface area contributed by atoms with Gasteiger partial charge in [0.15, 0.2) is 5.11 Å². The van der Waals surface area contributed by atoms with E-state index in [2.05, 4.69) is 31.1 Å². The largest absolute Gasteiger partial charge is 0.491 e. The lowest BCUT2D eigenvalue weighted by Gasteiger charge is -2.13. The van der Waals surface area contributed by atoms with E-state index in [9.17, 15) is 0 Å². The molecule has 0 saturated heterocycles. The number of hydrogen-bond donors (Lipinski definition) is 2. The van der Waals surface area contributed by atoms with E-state index in [0.29, 0.717) is 11.7 Å². The molecular weight excluding hydrogens is 244 g/mol. The van der Waals surface area contributed by atoms with Crippen molar-refractivity contribution < 1.29 is 4.74 Å². The first kappa shape index (κ1) is 14.5. The molecule has 2 N–H and O–H groups in total. The summed E-state index contributed by atoms with van der Waals surface area (Å²) in [7, 11) is 0. The van der Waals surface area contributed by atoms with Crippen molar-refractivity contribution in [1.82, 2.24) is 5.32 Å². The fraction of sp³-hybridized carbons (Fsp3) is 0.357. The number of ether oxygens (including phenoxy) is 1. The first-order chi connectivity index (χ1) is 8.65. The van der Waals surface area contributed by atoms with Crippen LogP contribution >= 0.6 is 12.2 Å². The van der Waals surface area contributed by atoms with Crippen molar-refractivity contribution in [2.24, 2.45) is 0 Å². The van der Waals surface area contributed by atoms with Gasteiger partial charge in [-0.25, -0.2) is 0 Å². The van der Waals surface area contributed by atoms with Gasteiger partial charge >= 0.3 is 0 Å². The van der Waals surface area contributed by atoms with E-state index in [0.717, 1.165) is 17.9 Å². The summed E-state index contributed by atoms with van der Waals surface area (Å²) in [6, 6.07) is 7.76. The maximum atomic E-state index is 5.70. The van der Waals surface area contributed by atoms with Gasteiger partial charge < -0.3 is 15.4 Å². The number of thiocarbonyl (C=S) groups is 1. The Hall–Kier alpha value is -1.55. The van der Waals surface area contributed by atoms with Gasteiger partial charge in [0, 0.05) is 12.2 Å². The summed E-state index contributed by atoms with van der Waals surface area (Å²) >= 11 is 5.12. The van der Waals surface area contributed by atoms with E-state index in [-0.39, 0.29) is 6.10 Å². The van der Waals surface area contributed by atoms with Crippen LogP contribution in [-0.2, 0) is 0 Å². The zero-order valence-electron chi connectivity index (χ0n) is 10.9.